The summed E-state index contributed by atoms with van der Waals surface area (Å²) in [6, 6.07) is 18.2. The molecule has 388 valence electrons. The van der Waals surface area contributed by atoms with Crippen LogP contribution in [0.5, 0.6) is 11.5 Å². The molecule has 0 saturated carbocycles. The molecule has 75 heavy (non-hydrogen) atoms. The van der Waals surface area contributed by atoms with Gasteiger partial charge in [0.15, 0.2) is 5.13 Å². The first-order valence-electron chi connectivity index (χ1n) is 24.3. The van der Waals surface area contributed by atoms with E-state index in [9.17, 15) is 38.6 Å². The summed E-state index contributed by atoms with van der Waals surface area (Å²) in [5.74, 6) is 2.94. The molecular weight excluding hydrogens is 1000 g/mol. The van der Waals surface area contributed by atoms with Crippen molar-refractivity contribution < 1.29 is 52.8 Å². The van der Waals surface area contributed by atoms with E-state index in [1.807, 2.05) is 51.1 Å². The van der Waals surface area contributed by atoms with Crippen LogP contribution in [0.25, 0.3) is 10.4 Å². The molecule has 0 bridgehead atoms. The third kappa shape index (κ3) is 11.6. The summed E-state index contributed by atoms with van der Waals surface area (Å²) < 4.78 is 32.3. The minimum atomic E-state index is -1.38. The lowest BCUT2D eigenvalue weighted by Gasteiger charge is -2.35. The number of halogens is 1. The summed E-state index contributed by atoms with van der Waals surface area (Å²) in [5.41, 5.74) is 6.83. The number of thiazole rings is 2. The van der Waals surface area contributed by atoms with E-state index in [0.717, 1.165) is 39.9 Å². The Morgan fingerprint density at radius 1 is 0.907 bits per heavy atom. The number of benzene rings is 4. The number of aromatic nitrogens is 2. The highest BCUT2D eigenvalue weighted by Crippen LogP contribution is 2.38. The van der Waals surface area contributed by atoms with Crippen molar-refractivity contribution in [1.82, 2.24) is 30.0 Å². The van der Waals surface area contributed by atoms with Gasteiger partial charge < -0.3 is 44.4 Å². The monoisotopic (exact) mass is 1060 g/mol. The van der Waals surface area contributed by atoms with Gasteiger partial charge in [0, 0.05) is 66.4 Å². The standard InChI is InChI=1S/C55H54FN7O10S2/c1-32(2)47(62-28-37-8-4-5-12-41(37)52(62)68)54(70)61-30-40(64)26-43(61)50(66)58-27-36-14-13-35(49-33(3)59-31-75-49)24-45(36)73-22-21-72-20-19-71-18-7-11-34-9-6-10-38-29-63(53(69)46(34)38)48(42-25-39(56)15-16-44(42)65)51(67)60-55-57-17-23-74-55/h4-6,8-10,12-17,23-25,31-32,40,43,47-48,64-65H,18-22,26-30H2,1-3H3,(H,58,66)(H,57,60,67)/t40-,43+,47?,48-/m1/s1. The van der Waals surface area contributed by atoms with Crippen molar-refractivity contribution >= 4 is 57.3 Å². The Morgan fingerprint density at radius 2 is 1.69 bits per heavy atom. The average molecular weight is 1060 g/mol. The number of hydrogen-bond acceptors (Lipinski definition) is 14. The molecule has 5 heterocycles. The van der Waals surface area contributed by atoms with Crippen LogP contribution < -0.4 is 15.4 Å². The number of aliphatic hydroxyl groups excluding tert-OH is 1. The number of carbonyl (C=O) groups excluding carboxylic acids is 5. The second kappa shape index (κ2) is 23.3. The zero-order valence-electron chi connectivity index (χ0n) is 41.3. The third-order valence-electron chi connectivity index (χ3n) is 13.2. The number of fused-ring (bicyclic) bond motifs is 2. The minimum absolute atomic E-state index is 0.0109. The van der Waals surface area contributed by atoms with Crippen LogP contribution in [0.3, 0.4) is 0 Å². The van der Waals surface area contributed by atoms with Gasteiger partial charge in [-0.3, -0.25) is 29.3 Å². The second-order valence-electron chi connectivity index (χ2n) is 18.5. The van der Waals surface area contributed by atoms with Crippen molar-refractivity contribution in [2.75, 3.05) is 44.9 Å². The number of likely N-dealkylation sites (tertiary alicyclic amines) is 1. The van der Waals surface area contributed by atoms with E-state index < -0.39 is 47.8 Å². The van der Waals surface area contributed by atoms with E-state index in [0.29, 0.717) is 33.6 Å². The Bertz CT molecular complexity index is 3170. The zero-order valence-corrected chi connectivity index (χ0v) is 42.9. The first-order valence-corrected chi connectivity index (χ1v) is 26.1. The average Bonchev–Trinajstić information content (AvgIpc) is 4.28. The third-order valence-corrected chi connectivity index (χ3v) is 14.9. The minimum Gasteiger partial charge on any atom is -0.508 e. The van der Waals surface area contributed by atoms with Crippen LogP contribution in [0, 0.1) is 30.5 Å². The van der Waals surface area contributed by atoms with Crippen LogP contribution in [0.15, 0.2) is 96.0 Å². The van der Waals surface area contributed by atoms with Gasteiger partial charge in [0.05, 0.1) is 47.6 Å². The van der Waals surface area contributed by atoms with Gasteiger partial charge in [0.25, 0.3) is 17.7 Å². The van der Waals surface area contributed by atoms with Crippen LogP contribution >= 0.6 is 22.7 Å². The van der Waals surface area contributed by atoms with Gasteiger partial charge in [-0.25, -0.2) is 14.4 Å². The quantitative estimate of drug-likeness (QED) is 0.0507. The Morgan fingerprint density at radius 3 is 2.47 bits per heavy atom. The predicted octanol–water partition coefficient (Wildman–Crippen LogP) is 6.48. The lowest BCUT2D eigenvalue weighted by molar-refractivity contribution is -0.143. The number of ether oxygens (including phenoxy) is 3. The normalized spacial score (nSPS) is 16.6. The fraction of sp³-hybridized carbons (Fsp3) is 0.327. The largest absolute Gasteiger partial charge is 0.508 e. The molecule has 1 fully saturated rings. The van der Waals surface area contributed by atoms with Crippen molar-refractivity contribution in [3.05, 3.63) is 146 Å². The zero-order chi connectivity index (χ0) is 52.8. The molecule has 0 spiro atoms. The van der Waals surface area contributed by atoms with Crippen molar-refractivity contribution in [3.63, 3.8) is 0 Å². The molecule has 4 N–H and O–H groups in total. The van der Waals surface area contributed by atoms with E-state index in [4.69, 9.17) is 14.2 Å². The predicted molar refractivity (Wildman–Crippen MR) is 277 cm³/mol. The molecule has 5 amide bonds. The number of rotatable bonds is 19. The van der Waals surface area contributed by atoms with Crippen LogP contribution in [0.1, 0.15) is 80.5 Å². The number of nitrogens with one attached hydrogen (secondary N) is 2. The number of phenolic OH excluding ortho intramolecular Hbond substituents is 1. The first-order chi connectivity index (χ1) is 36.3. The van der Waals surface area contributed by atoms with Gasteiger partial charge >= 0.3 is 0 Å². The van der Waals surface area contributed by atoms with Gasteiger partial charge in [0.2, 0.25) is 11.8 Å². The molecule has 1 saturated heterocycles. The molecule has 2 aromatic heterocycles. The smallest absolute Gasteiger partial charge is 0.256 e. The fourth-order valence-corrected chi connectivity index (χ4v) is 11.0. The summed E-state index contributed by atoms with van der Waals surface area (Å²) in [4.78, 5) is 83.1. The number of aryl methyl sites for hydroxylation is 1. The number of nitrogens with zero attached hydrogens (tertiary/aromatic N) is 5. The number of aliphatic hydroxyl groups is 1. The van der Waals surface area contributed by atoms with Crippen LogP contribution in [0.2, 0.25) is 0 Å². The topological polar surface area (TPSA) is 213 Å². The SMILES string of the molecule is Cc1ncsc1-c1ccc(CNC(=O)[C@@H]2C[C@@H](O)CN2C(=O)C(C(C)C)N2Cc3ccccc3C2=O)c(OCCOCCOCC#Cc2cccc3c2C(=O)N([C@@H](C(=O)Nc2nccs2)c2cc(F)ccc2O)C3)c1. The highest BCUT2D eigenvalue weighted by atomic mass is 32.1. The molecule has 3 aliphatic rings. The molecule has 17 nitrogen and oxygen atoms in total. The Labute approximate surface area is 440 Å². The van der Waals surface area contributed by atoms with Crippen LogP contribution in [0.4, 0.5) is 9.52 Å². The number of anilines is 1. The molecule has 4 aromatic carbocycles. The Kier molecular flexibility index (Phi) is 16.3. The van der Waals surface area contributed by atoms with E-state index in [2.05, 4.69) is 32.4 Å². The molecule has 0 aliphatic carbocycles. The Balaban J connectivity index is 0.777. The fourth-order valence-electron chi connectivity index (χ4n) is 9.65. The van der Waals surface area contributed by atoms with Crippen molar-refractivity contribution in [2.45, 2.75) is 71.1 Å². The first kappa shape index (κ1) is 52.3. The van der Waals surface area contributed by atoms with Gasteiger partial charge in [-0.05, 0) is 65.9 Å². The number of carbonyl (C=O) groups is 5. The maximum absolute atomic E-state index is 14.5. The number of β-amino-alcohol motifs (C(OH)–C–C–N with tert-alkyl or cyclic N) is 1. The van der Waals surface area contributed by atoms with E-state index in [-0.39, 0.29) is 99.8 Å². The molecule has 1 unspecified atom stereocenters. The molecule has 20 heteroatoms. The van der Waals surface area contributed by atoms with E-state index in [1.165, 1.54) is 38.7 Å². The van der Waals surface area contributed by atoms with Gasteiger partial charge in [-0.1, -0.05) is 68.2 Å². The summed E-state index contributed by atoms with van der Waals surface area (Å²) in [5, 5.41) is 29.1. The molecule has 0 radical (unpaired) electrons. The van der Waals surface area contributed by atoms with Crippen molar-refractivity contribution in [3.8, 4) is 33.8 Å². The van der Waals surface area contributed by atoms with Crippen LogP contribution in [-0.2, 0) is 43.5 Å². The summed E-state index contributed by atoms with van der Waals surface area (Å²) in [6.07, 6.45) is 0.649. The maximum Gasteiger partial charge on any atom is 0.256 e. The van der Waals surface area contributed by atoms with Gasteiger partial charge in [-0.15, -0.1) is 22.7 Å². The summed E-state index contributed by atoms with van der Waals surface area (Å²) >= 11 is 2.67. The summed E-state index contributed by atoms with van der Waals surface area (Å²) in [6.45, 7) is 6.80. The number of amides is 5. The van der Waals surface area contributed by atoms with Gasteiger partial charge in [0.1, 0.15) is 48.7 Å². The van der Waals surface area contributed by atoms with E-state index >= 15 is 0 Å². The van der Waals surface area contributed by atoms with Crippen molar-refractivity contribution in [2.24, 2.45) is 5.92 Å². The number of aromatic hydroxyl groups is 1. The Hall–Kier alpha value is -7.54. The number of hydrogen-bond donors (Lipinski definition) is 4. The lowest BCUT2D eigenvalue weighted by Crippen LogP contribution is -2.55. The molecule has 6 aromatic rings. The van der Waals surface area contributed by atoms with Crippen LogP contribution in [-0.4, -0.2) is 122 Å². The van der Waals surface area contributed by atoms with Crippen molar-refractivity contribution in [1.29, 1.82) is 0 Å². The molecular formula is C55H54FN7O10S2. The lowest BCUT2D eigenvalue weighted by atomic mass is 10.0. The molecule has 3 aliphatic heterocycles. The highest BCUT2D eigenvalue weighted by molar-refractivity contribution is 7.14. The molecule has 4 atom stereocenters. The van der Waals surface area contributed by atoms with Gasteiger partial charge in [-0.2, -0.15) is 0 Å². The second-order valence-corrected chi connectivity index (χ2v) is 20.3. The molecule has 9 rings (SSSR count). The summed E-state index contributed by atoms with van der Waals surface area (Å²) in [7, 11) is 0. The highest BCUT2D eigenvalue weighted by Gasteiger charge is 2.46. The maximum atomic E-state index is 14.5. The van der Waals surface area contributed by atoms with E-state index in [1.54, 1.807) is 46.1 Å². The number of phenols is 1.